The number of benzene rings is 3. The second-order valence-corrected chi connectivity index (χ2v) is 11.2. The van der Waals surface area contributed by atoms with Crippen LogP contribution in [0.1, 0.15) is 38.8 Å². The molecular weight excluding hydrogens is 977 g/mol. The molecule has 9 heteroatoms. The quantitative estimate of drug-likeness (QED) is 0.102. The van der Waals surface area contributed by atoms with Gasteiger partial charge in [0.25, 0.3) is 0 Å². The molecule has 0 unspecified atom stereocenters. The maximum Gasteiger partial charge on any atom is 0.155 e. The first-order valence-corrected chi connectivity index (χ1v) is 15.0. The van der Waals surface area contributed by atoms with Gasteiger partial charge in [0.05, 0.1) is 11.5 Å². The Morgan fingerprint density at radius 3 is 1.37 bits per heavy atom. The third kappa shape index (κ3) is 11.3. The molecule has 0 aliphatic heterocycles. The van der Waals surface area contributed by atoms with E-state index in [9.17, 15) is 9.59 Å². The second kappa shape index (κ2) is 18.9. The van der Waals surface area contributed by atoms with Gasteiger partial charge in [0, 0.05) is 72.4 Å². The van der Waals surface area contributed by atoms with E-state index in [2.05, 4.69) is 83.0 Å². The number of allylic oxidation sites excluding steroid dienone is 4. The van der Waals surface area contributed by atoms with Crippen molar-refractivity contribution in [2.75, 3.05) is 0 Å². The van der Waals surface area contributed by atoms with E-state index in [0.717, 1.165) is 50.0 Å². The molecule has 0 aliphatic carbocycles. The molecule has 49 heavy (non-hydrogen) atoms. The van der Waals surface area contributed by atoms with Gasteiger partial charge in [-0.3, -0.25) is 9.59 Å². The molecule has 0 spiro atoms. The maximum atomic E-state index is 10.0. The summed E-state index contributed by atoms with van der Waals surface area (Å²) < 4.78 is 2.31. The van der Waals surface area contributed by atoms with Crippen LogP contribution < -0.4 is 0 Å². The van der Waals surface area contributed by atoms with Crippen molar-refractivity contribution in [3.05, 3.63) is 138 Å². The number of aliphatic hydroxyl groups excluding tert-OH is 2. The fraction of sp³-hybridized carbons (Fsp3) is 0.150. The number of aryl methyl sites for hydroxylation is 2. The standard InChI is InChI=1S/C30H21N3.2C5H8O2.2Pt/c1-20-15-21(2)17-24(16-20)33-29-11-9-22(27-7-3-5-13-31-27)18-25(29)26-19-23(10-12-30(26)33)28-8-4-6-14-32-28;2*1-4(6)3-5(2)7;;/h3-8,11-19H,1-2H3;2*3,6H,1-2H3;;/q-2;;;;/b;2*4-3-;;. The van der Waals surface area contributed by atoms with Crippen LogP contribution in [0, 0.1) is 26.0 Å². The van der Waals surface area contributed by atoms with Gasteiger partial charge < -0.3 is 24.7 Å². The van der Waals surface area contributed by atoms with Crippen molar-refractivity contribution in [1.82, 2.24) is 14.5 Å². The fourth-order valence-corrected chi connectivity index (χ4v) is 5.19. The monoisotopic (exact) mass is 1010 g/mol. The van der Waals surface area contributed by atoms with Gasteiger partial charge >= 0.3 is 0 Å². The second-order valence-electron chi connectivity index (χ2n) is 11.2. The van der Waals surface area contributed by atoms with Crippen molar-refractivity contribution >= 4 is 33.4 Å². The topological polar surface area (TPSA) is 105 Å². The number of rotatable bonds is 5. The van der Waals surface area contributed by atoms with E-state index in [-0.39, 0.29) is 65.2 Å². The zero-order valence-electron chi connectivity index (χ0n) is 28.0. The molecule has 0 bridgehead atoms. The summed E-state index contributed by atoms with van der Waals surface area (Å²) in [5, 5.41) is 19.0. The summed E-state index contributed by atoms with van der Waals surface area (Å²) in [5.41, 5.74) is 9.64. The Balaban J connectivity index is 0.000000443. The molecule has 6 rings (SSSR count). The Kier molecular flexibility index (Phi) is 15.7. The van der Waals surface area contributed by atoms with E-state index in [1.807, 2.05) is 48.8 Å². The Labute approximate surface area is 316 Å². The Hall–Kier alpha value is -4.44. The molecule has 0 aliphatic rings. The van der Waals surface area contributed by atoms with Crippen LogP contribution >= 0.6 is 0 Å². The molecular formula is C40H37N3O4Pt2-2. The number of aromatic nitrogens is 3. The largest absolute Gasteiger partial charge is 0.512 e. The SMILES string of the molecule is CC(=O)/C=C(/C)O.CC(=O)/C=C(/C)O.Cc1cc(C)cc(-n2c3c[c-]c(-c4ccccn4)cc3c3cc(-c4ccccn4)[c-]cc32)c1.[Pt].[Pt]. The van der Waals surface area contributed by atoms with Gasteiger partial charge in [-0.25, -0.2) is 0 Å². The van der Waals surface area contributed by atoms with E-state index in [0.29, 0.717) is 0 Å². The van der Waals surface area contributed by atoms with Gasteiger partial charge in [0.2, 0.25) is 0 Å². The predicted octanol–water partition coefficient (Wildman–Crippen LogP) is 9.19. The van der Waals surface area contributed by atoms with Crippen LogP contribution in [-0.4, -0.2) is 36.3 Å². The van der Waals surface area contributed by atoms with Crippen LogP contribution in [0.4, 0.5) is 0 Å². The van der Waals surface area contributed by atoms with Crippen LogP contribution in [0.2, 0.25) is 0 Å². The van der Waals surface area contributed by atoms with Gasteiger partial charge in [-0.15, -0.1) is 47.5 Å². The first kappa shape index (κ1) is 40.7. The third-order valence-electron chi connectivity index (χ3n) is 6.80. The maximum absolute atomic E-state index is 10.0. The van der Waals surface area contributed by atoms with Crippen molar-refractivity contribution < 1.29 is 61.9 Å². The number of nitrogens with zero attached hydrogens (tertiary/aromatic N) is 3. The first-order chi connectivity index (χ1) is 22.4. The van der Waals surface area contributed by atoms with Crippen molar-refractivity contribution in [2.24, 2.45) is 0 Å². The molecule has 0 atom stereocenters. The van der Waals surface area contributed by atoms with E-state index in [4.69, 9.17) is 10.2 Å². The number of hydrogen-bond donors (Lipinski definition) is 2. The number of aliphatic hydroxyl groups is 2. The molecule has 0 fully saturated rings. The third-order valence-corrected chi connectivity index (χ3v) is 6.80. The molecule has 3 aromatic heterocycles. The Morgan fingerprint density at radius 2 is 1.06 bits per heavy atom. The summed E-state index contributed by atoms with van der Waals surface area (Å²) in [6.45, 7) is 9.98. The number of carbonyl (C=O) groups is 2. The Morgan fingerprint density at radius 1 is 0.653 bits per heavy atom. The molecule has 2 N–H and O–H groups in total. The number of hydrogen-bond acceptors (Lipinski definition) is 6. The van der Waals surface area contributed by atoms with Crippen LogP contribution in [0.3, 0.4) is 0 Å². The summed E-state index contributed by atoms with van der Waals surface area (Å²) in [6, 6.07) is 34.1. The van der Waals surface area contributed by atoms with Crippen molar-refractivity contribution in [2.45, 2.75) is 41.5 Å². The number of fused-ring (bicyclic) bond motifs is 3. The molecule has 6 aromatic rings. The van der Waals surface area contributed by atoms with Gasteiger partial charge in [-0.05, 0) is 99.4 Å². The van der Waals surface area contributed by atoms with Crippen molar-refractivity contribution in [3.63, 3.8) is 0 Å². The van der Waals surface area contributed by atoms with Gasteiger partial charge in [-0.1, -0.05) is 41.1 Å². The molecule has 3 heterocycles. The predicted molar refractivity (Wildman–Crippen MR) is 189 cm³/mol. The molecule has 0 radical (unpaired) electrons. The molecule has 0 saturated heterocycles. The zero-order valence-corrected chi connectivity index (χ0v) is 32.5. The minimum Gasteiger partial charge on any atom is -0.512 e. The molecule has 0 amide bonds. The van der Waals surface area contributed by atoms with Crippen LogP contribution in [0.25, 0.3) is 50.0 Å². The summed E-state index contributed by atoms with van der Waals surface area (Å²) in [7, 11) is 0. The summed E-state index contributed by atoms with van der Waals surface area (Å²) in [6.07, 6.45) is 5.97. The van der Waals surface area contributed by atoms with E-state index in [1.54, 1.807) is 0 Å². The normalized spacial score (nSPS) is 10.9. The van der Waals surface area contributed by atoms with Gasteiger partial charge in [0.15, 0.2) is 11.6 Å². The average molecular weight is 1010 g/mol. The summed E-state index contributed by atoms with van der Waals surface area (Å²) in [5.74, 6) is -0.125. The summed E-state index contributed by atoms with van der Waals surface area (Å²) in [4.78, 5) is 29.1. The van der Waals surface area contributed by atoms with Crippen molar-refractivity contribution in [1.29, 1.82) is 0 Å². The average Bonchev–Trinajstić information content (AvgIpc) is 3.34. The van der Waals surface area contributed by atoms with Crippen LogP contribution in [0.15, 0.2) is 115 Å². The van der Waals surface area contributed by atoms with Crippen molar-refractivity contribution in [3.8, 4) is 28.2 Å². The smallest absolute Gasteiger partial charge is 0.155 e. The van der Waals surface area contributed by atoms with E-state index < -0.39 is 0 Å². The van der Waals surface area contributed by atoms with Gasteiger partial charge in [0.1, 0.15) is 0 Å². The Bertz CT molecular complexity index is 1950. The van der Waals surface area contributed by atoms with Crippen LogP contribution in [-0.2, 0) is 51.7 Å². The number of carbonyl (C=O) groups excluding carboxylic acids is 2. The molecule has 0 saturated carbocycles. The summed E-state index contributed by atoms with van der Waals surface area (Å²) >= 11 is 0. The number of ketones is 2. The number of pyridine rings is 2. The van der Waals surface area contributed by atoms with E-state index in [1.165, 1.54) is 51.0 Å². The van der Waals surface area contributed by atoms with E-state index >= 15 is 0 Å². The molecule has 7 nitrogen and oxygen atoms in total. The minimum atomic E-state index is -0.125. The van der Waals surface area contributed by atoms with Gasteiger partial charge in [-0.2, -0.15) is 0 Å². The fourth-order valence-electron chi connectivity index (χ4n) is 5.19. The first-order valence-electron chi connectivity index (χ1n) is 15.0. The molecule has 3 aromatic carbocycles. The van der Waals surface area contributed by atoms with Crippen LogP contribution in [0.5, 0.6) is 0 Å². The minimum absolute atomic E-state index is 0. The molecule has 258 valence electrons. The zero-order chi connectivity index (χ0) is 34.1.